The van der Waals surface area contributed by atoms with E-state index >= 15 is 0 Å². The van der Waals surface area contributed by atoms with Crippen LogP contribution in [-0.4, -0.2) is 23.2 Å². The maximum atomic E-state index is 5.85. The Kier molecular flexibility index (Phi) is 4.69. The van der Waals surface area contributed by atoms with Crippen molar-refractivity contribution in [3.8, 4) is 0 Å². The van der Waals surface area contributed by atoms with Crippen LogP contribution in [0, 0.1) is 0 Å². The zero-order valence-electron chi connectivity index (χ0n) is 11.2. The Morgan fingerprint density at radius 2 is 2.22 bits per heavy atom. The van der Waals surface area contributed by atoms with Crippen LogP contribution < -0.4 is 11.1 Å². The molecule has 18 heavy (non-hydrogen) atoms. The van der Waals surface area contributed by atoms with Gasteiger partial charge in [-0.15, -0.1) is 0 Å². The molecule has 3 N–H and O–H groups in total. The summed E-state index contributed by atoms with van der Waals surface area (Å²) in [6, 6.07) is 6.43. The molecule has 1 aliphatic rings. The van der Waals surface area contributed by atoms with Gasteiger partial charge in [0, 0.05) is 19.1 Å². The maximum Gasteiger partial charge on any atom is 0.0704 e. The molecule has 0 aromatic carbocycles. The molecule has 0 amide bonds. The van der Waals surface area contributed by atoms with Gasteiger partial charge in [0.15, 0.2) is 0 Å². The van der Waals surface area contributed by atoms with Gasteiger partial charge in [-0.05, 0) is 31.9 Å². The van der Waals surface area contributed by atoms with Crippen LogP contribution in [0.25, 0.3) is 0 Å². The zero-order chi connectivity index (χ0) is 13.0. The minimum atomic E-state index is 0.285. The van der Waals surface area contributed by atoms with Gasteiger partial charge in [0.25, 0.3) is 0 Å². The van der Waals surface area contributed by atoms with Gasteiger partial charge >= 0.3 is 0 Å². The smallest absolute Gasteiger partial charge is 0.0704 e. The SMILES string of the molecule is CC[C@@H]1CC(NCc2cccc(CN)n2)[C@H](C)O1. The predicted octanol–water partition coefficient (Wildman–Crippen LogP) is 1.59. The molecular weight excluding hydrogens is 226 g/mol. The van der Waals surface area contributed by atoms with Crippen LogP contribution in [0.3, 0.4) is 0 Å². The number of hydrogen-bond donors (Lipinski definition) is 2. The van der Waals surface area contributed by atoms with E-state index in [4.69, 9.17) is 10.5 Å². The van der Waals surface area contributed by atoms with Crippen molar-refractivity contribution in [3.63, 3.8) is 0 Å². The number of aromatic nitrogens is 1. The fourth-order valence-electron chi connectivity index (χ4n) is 2.42. The van der Waals surface area contributed by atoms with Crippen LogP contribution in [-0.2, 0) is 17.8 Å². The van der Waals surface area contributed by atoms with Gasteiger partial charge in [-0.1, -0.05) is 13.0 Å². The molecule has 4 nitrogen and oxygen atoms in total. The molecular formula is C14H23N3O. The molecule has 0 bridgehead atoms. The lowest BCUT2D eigenvalue weighted by Crippen LogP contribution is -2.34. The van der Waals surface area contributed by atoms with E-state index in [0.29, 0.717) is 18.7 Å². The summed E-state index contributed by atoms with van der Waals surface area (Å²) in [5.74, 6) is 0. The van der Waals surface area contributed by atoms with Crippen LogP contribution >= 0.6 is 0 Å². The van der Waals surface area contributed by atoms with Gasteiger partial charge in [-0.2, -0.15) is 0 Å². The topological polar surface area (TPSA) is 60.2 Å². The molecule has 2 rings (SSSR count). The molecule has 1 aromatic heterocycles. The highest BCUT2D eigenvalue weighted by Gasteiger charge is 2.30. The second-order valence-electron chi connectivity index (χ2n) is 4.92. The highest BCUT2D eigenvalue weighted by atomic mass is 16.5. The highest BCUT2D eigenvalue weighted by molar-refractivity contribution is 5.11. The number of nitrogens with zero attached hydrogens (tertiary/aromatic N) is 1. The van der Waals surface area contributed by atoms with Crippen molar-refractivity contribution in [2.24, 2.45) is 5.73 Å². The fourth-order valence-corrected chi connectivity index (χ4v) is 2.42. The minimum Gasteiger partial charge on any atom is -0.374 e. The maximum absolute atomic E-state index is 5.85. The van der Waals surface area contributed by atoms with Gasteiger partial charge in [-0.3, -0.25) is 4.98 Å². The van der Waals surface area contributed by atoms with E-state index in [0.717, 1.165) is 30.8 Å². The number of pyridine rings is 1. The molecule has 0 saturated carbocycles. The summed E-state index contributed by atoms with van der Waals surface area (Å²) < 4.78 is 5.85. The number of nitrogens with two attached hydrogens (primary N) is 1. The van der Waals surface area contributed by atoms with E-state index in [1.54, 1.807) is 0 Å². The predicted molar refractivity (Wildman–Crippen MR) is 72.0 cm³/mol. The third-order valence-electron chi connectivity index (χ3n) is 3.56. The largest absolute Gasteiger partial charge is 0.374 e. The summed E-state index contributed by atoms with van der Waals surface area (Å²) in [5.41, 5.74) is 7.58. The van der Waals surface area contributed by atoms with Crippen molar-refractivity contribution in [1.29, 1.82) is 0 Å². The molecule has 2 heterocycles. The summed E-state index contributed by atoms with van der Waals surface area (Å²) in [7, 11) is 0. The minimum absolute atomic E-state index is 0.285. The first-order valence-corrected chi connectivity index (χ1v) is 6.76. The molecule has 0 spiro atoms. The highest BCUT2D eigenvalue weighted by Crippen LogP contribution is 2.22. The molecule has 0 radical (unpaired) electrons. The monoisotopic (exact) mass is 249 g/mol. The Bertz CT molecular complexity index is 383. The summed E-state index contributed by atoms with van der Waals surface area (Å²) >= 11 is 0. The third-order valence-corrected chi connectivity index (χ3v) is 3.56. The zero-order valence-corrected chi connectivity index (χ0v) is 11.2. The van der Waals surface area contributed by atoms with Crippen molar-refractivity contribution in [2.75, 3.05) is 0 Å². The van der Waals surface area contributed by atoms with Gasteiger partial charge in [0.1, 0.15) is 0 Å². The van der Waals surface area contributed by atoms with Crippen molar-refractivity contribution in [2.45, 2.75) is 58.0 Å². The van der Waals surface area contributed by atoms with Crippen LogP contribution in [0.15, 0.2) is 18.2 Å². The van der Waals surface area contributed by atoms with E-state index < -0.39 is 0 Å². The second-order valence-corrected chi connectivity index (χ2v) is 4.92. The molecule has 100 valence electrons. The number of nitrogens with one attached hydrogen (secondary N) is 1. The lowest BCUT2D eigenvalue weighted by atomic mass is 10.1. The quantitative estimate of drug-likeness (QED) is 0.832. The van der Waals surface area contributed by atoms with Crippen LogP contribution in [0.2, 0.25) is 0 Å². The number of rotatable bonds is 5. The third kappa shape index (κ3) is 3.28. The van der Waals surface area contributed by atoms with E-state index in [9.17, 15) is 0 Å². The Morgan fingerprint density at radius 3 is 2.89 bits per heavy atom. The molecule has 0 aliphatic carbocycles. The van der Waals surface area contributed by atoms with E-state index in [-0.39, 0.29) is 6.10 Å². The second kappa shape index (κ2) is 6.27. The average molecular weight is 249 g/mol. The Labute approximate surface area is 109 Å². The van der Waals surface area contributed by atoms with Gasteiger partial charge in [0.05, 0.1) is 23.6 Å². The molecule has 1 fully saturated rings. The lowest BCUT2D eigenvalue weighted by molar-refractivity contribution is 0.0481. The van der Waals surface area contributed by atoms with E-state index in [2.05, 4.69) is 24.1 Å². The van der Waals surface area contributed by atoms with E-state index in [1.807, 2.05) is 18.2 Å². The first-order valence-electron chi connectivity index (χ1n) is 6.76. The average Bonchev–Trinajstić information content (AvgIpc) is 2.77. The van der Waals surface area contributed by atoms with Crippen LogP contribution in [0.5, 0.6) is 0 Å². The van der Waals surface area contributed by atoms with Crippen LogP contribution in [0.4, 0.5) is 0 Å². The molecule has 1 unspecified atom stereocenters. The first-order chi connectivity index (χ1) is 8.72. The van der Waals surface area contributed by atoms with Gasteiger partial charge < -0.3 is 15.8 Å². The van der Waals surface area contributed by atoms with Crippen molar-refractivity contribution in [1.82, 2.24) is 10.3 Å². The molecule has 1 aromatic rings. The normalized spacial score (nSPS) is 27.6. The molecule has 3 atom stereocenters. The summed E-state index contributed by atoms with van der Waals surface area (Å²) in [6.07, 6.45) is 2.87. The lowest BCUT2D eigenvalue weighted by Gasteiger charge is -2.15. The Morgan fingerprint density at radius 1 is 1.44 bits per heavy atom. The van der Waals surface area contributed by atoms with E-state index in [1.165, 1.54) is 0 Å². The summed E-state index contributed by atoms with van der Waals surface area (Å²) in [6.45, 7) is 5.58. The number of hydrogen-bond acceptors (Lipinski definition) is 4. The summed E-state index contributed by atoms with van der Waals surface area (Å²) in [5, 5.41) is 3.53. The molecule has 4 heteroatoms. The Hall–Kier alpha value is -0.970. The fraction of sp³-hybridized carbons (Fsp3) is 0.643. The Balaban J connectivity index is 1.87. The standard InChI is InChI=1S/C14H23N3O/c1-3-13-7-14(10(2)18-13)16-9-12-6-4-5-11(8-15)17-12/h4-6,10,13-14,16H,3,7-9,15H2,1-2H3/t10-,13+,14?/m0/s1. The van der Waals surface area contributed by atoms with Crippen LogP contribution in [0.1, 0.15) is 38.1 Å². The van der Waals surface area contributed by atoms with Gasteiger partial charge in [-0.25, -0.2) is 0 Å². The number of ether oxygens (including phenoxy) is 1. The molecule has 1 saturated heterocycles. The van der Waals surface area contributed by atoms with Crippen molar-refractivity contribution < 1.29 is 4.74 Å². The van der Waals surface area contributed by atoms with Crippen molar-refractivity contribution >= 4 is 0 Å². The first kappa shape index (κ1) is 13.5. The van der Waals surface area contributed by atoms with Gasteiger partial charge in [0.2, 0.25) is 0 Å². The van der Waals surface area contributed by atoms with Crippen molar-refractivity contribution in [3.05, 3.63) is 29.6 Å². The summed E-state index contributed by atoms with van der Waals surface area (Å²) in [4.78, 5) is 4.49. The molecule has 1 aliphatic heterocycles.